The van der Waals surface area contributed by atoms with E-state index < -0.39 is 0 Å². The number of piperazine rings is 1. The lowest BCUT2D eigenvalue weighted by atomic mass is 10.1. The molecule has 0 saturated carbocycles. The van der Waals surface area contributed by atoms with Crippen LogP contribution in [0, 0.1) is 19.8 Å². The summed E-state index contributed by atoms with van der Waals surface area (Å²) in [6.45, 7) is 13.2. The summed E-state index contributed by atoms with van der Waals surface area (Å²) in [6.07, 6.45) is 13.7. The van der Waals surface area contributed by atoms with E-state index in [1.807, 2.05) is 13.3 Å². The second-order valence-electron chi connectivity index (χ2n) is 9.51. The Bertz CT molecular complexity index is 1340. The minimum absolute atomic E-state index is 0. The van der Waals surface area contributed by atoms with Gasteiger partial charge in [0.2, 0.25) is 0 Å². The fraction of sp³-hybridized carbons (Fsp3) is 0.382. The quantitative estimate of drug-likeness (QED) is 0.132. The van der Waals surface area contributed by atoms with E-state index in [1.165, 1.54) is 29.2 Å². The summed E-state index contributed by atoms with van der Waals surface area (Å²) >= 11 is 0. The van der Waals surface area contributed by atoms with Gasteiger partial charge in [0, 0.05) is 55.7 Å². The topological polar surface area (TPSA) is 65.8 Å². The van der Waals surface area contributed by atoms with E-state index in [2.05, 4.69) is 92.6 Å². The Balaban J connectivity index is 0.00000151. The third-order valence-corrected chi connectivity index (χ3v) is 7.02. The summed E-state index contributed by atoms with van der Waals surface area (Å²) in [6, 6.07) is 17.2. The Morgan fingerprint density at radius 2 is 1.76 bits per heavy atom. The Morgan fingerprint density at radius 1 is 1.00 bits per heavy atom. The SMILES string of the molecule is C.C.C#C.C=CN=COCCN=CN1CCOc2c(CCN3CCN(c4cccc5nc(C)ccc45)CC3)cccc21. The van der Waals surface area contributed by atoms with Crippen molar-refractivity contribution in [3.63, 3.8) is 0 Å². The summed E-state index contributed by atoms with van der Waals surface area (Å²) < 4.78 is 11.4. The molecule has 0 radical (unpaired) electrons. The van der Waals surface area contributed by atoms with Gasteiger partial charge in [-0.05, 0) is 49.2 Å². The number of hydrogen-bond donors (Lipinski definition) is 0. The molecule has 42 heavy (non-hydrogen) atoms. The van der Waals surface area contributed by atoms with Crippen molar-refractivity contribution in [2.75, 3.05) is 68.8 Å². The van der Waals surface area contributed by atoms with Crippen molar-refractivity contribution in [2.24, 2.45) is 9.98 Å². The number of anilines is 2. The van der Waals surface area contributed by atoms with Crippen LogP contribution in [0.4, 0.5) is 11.4 Å². The highest BCUT2D eigenvalue weighted by Gasteiger charge is 2.22. The molecule has 0 amide bonds. The van der Waals surface area contributed by atoms with Crippen LogP contribution in [0.15, 0.2) is 71.3 Å². The molecule has 2 aliphatic heterocycles. The van der Waals surface area contributed by atoms with Gasteiger partial charge in [0.25, 0.3) is 0 Å². The smallest absolute Gasteiger partial charge is 0.173 e. The second-order valence-corrected chi connectivity index (χ2v) is 9.51. The van der Waals surface area contributed by atoms with Gasteiger partial charge in [-0.3, -0.25) is 14.9 Å². The van der Waals surface area contributed by atoms with Gasteiger partial charge >= 0.3 is 0 Å². The van der Waals surface area contributed by atoms with Crippen LogP contribution in [-0.2, 0) is 11.2 Å². The molecule has 0 spiro atoms. The molecule has 5 rings (SSSR count). The van der Waals surface area contributed by atoms with E-state index in [0.717, 1.165) is 68.3 Å². The fourth-order valence-corrected chi connectivity index (χ4v) is 5.06. The number of benzene rings is 2. The van der Waals surface area contributed by atoms with Crippen LogP contribution < -0.4 is 14.5 Å². The molecule has 0 unspecified atom stereocenters. The highest BCUT2D eigenvalue weighted by Crippen LogP contribution is 2.35. The third kappa shape index (κ3) is 8.58. The van der Waals surface area contributed by atoms with Gasteiger partial charge in [0.15, 0.2) is 6.40 Å². The molecule has 1 fully saturated rings. The zero-order valence-electron chi connectivity index (χ0n) is 23.3. The number of para-hydroxylation sites is 1. The highest BCUT2D eigenvalue weighted by atomic mass is 16.5. The normalized spacial score (nSPS) is 14.7. The minimum atomic E-state index is 0. The Labute approximate surface area is 252 Å². The molecule has 224 valence electrons. The molecule has 1 saturated heterocycles. The molecular formula is C34H46N6O2. The average Bonchev–Trinajstić information content (AvgIpc) is 3.00. The number of terminal acetylenes is 1. The summed E-state index contributed by atoms with van der Waals surface area (Å²) in [7, 11) is 0. The first-order valence-corrected chi connectivity index (χ1v) is 13.7. The fourth-order valence-electron chi connectivity index (χ4n) is 5.06. The maximum atomic E-state index is 6.13. The van der Waals surface area contributed by atoms with Crippen molar-refractivity contribution >= 4 is 35.0 Å². The van der Waals surface area contributed by atoms with Crippen LogP contribution in [0.1, 0.15) is 26.1 Å². The zero-order chi connectivity index (χ0) is 28.2. The van der Waals surface area contributed by atoms with Crippen molar-refractivity contribution in [2.45, 2.75) is 28.2 Å². The van der Waals surface area contributed by atoms with Gasteiger partial charge < -0.3 is 19.3 Å². The summed E-state index contributed by atoms with van der Waals surface area (Å²) in [5.41, 5.74) is 5.75. The lowest BCUT2D eigenvalue weighted by Gasteiger charge is -2.37. The molecule has 1 aromatic heterocycles. The lowest BCUT2D eigenvalue weighted by Crippen LogP contribution is -2.47. The van der Waals surface area contributed by atoms with Crippen LogP contribution in [-0.4, -0.2) is 81.7 Å². The Kier molecular flexibility index (Phi) is 14.1. The summed E-state index contributed by atoms with van der Waals surface area (Å²) in [4.78, 5) is 20.3. The molecule has 2 aliphatic rings. The van der Waals surface area contributed by atoms with Crippen molar-refractivity contribution in [1.29, 1.82) is 0 Å². The second kappa shape index (κ2) is 17.5. The number of rotatable bonds is 10. The molecule has 0 N–H and O–H groups in total. The number of hydrogen-bond acceptors (Lipinski definition) is 7. The molecule has 0 aliphatic carbocycles. The Hall–Kier alpha value is -4.35. The van der Waals surface area contributed by atoms with Crippen molar-refractivity contribution in [1.82, 2.24) is 9.88 Å². The average molecular weight is 571 g/mol. The number of aromatic nitrogens is 1. The van der Waals surface area contributed by atoms with Crippen LogP contribution in [0.25, 0.3) is 10.9 Å². The van der Waals surface area contributed by atoms with E-state index in [-0.39, 0.29) is 14.9 Å². The monoisotopic (exact) mass is 570 g/mol. The third-order valence-electron chi connectivity index (χ3n) is 7.02. The first-order chi connectivity index (χ1) is 19.7. The van der Waals surface area contributed by atoms with Gasteiger partial charge in [0.1, 0.15) is 19.0 Å². The van der Waals surface area contributed by atoms with E-state index >= 15 is 0 Å². The number of ether oxygens (including phenoxy) is 2. The van der Waals surface area contributed by atoms with E-state index in [1.54, 1.807) is 0 Å². The van der Waals surface area contributed by atoms with Crippen molar-refractivity contribution in [3.8, 4) is 18.6 Å². The van der Waals surface area contributed by atoms with E-state index in [4.69, 9.17) is 14.5 Å². The van der Waals surface area contributed by atoms with Crippen LogP contribution in [0.2, 0.25) is 0 Å². The zero-order valence-corrected chi connectivity index (χ0v) is 23.3. The Morgan fingerprint density at radius 3 is 2.55 bits per heavy atom. The highest BCUT2D eigenvalue weighted by molar-refractivity contribution is 5.92. The van der Waals surface area contributed by atoms with Gasteiger partial charge in [-0.2, -0.15) is 0 Å². The summed E-state index contributed by atoms with van der Waals surface area (Å²) in [5, 5.41) is 1.24. The number of aliphatic imine (C=N–C) groups is 2. The molecule has 8 heteroatoms. The van der Waals surface area contributed by atoms with Gasteiger partial charge in [0.05, 0.1) is 30.6 Å². The first kappa shape index (κ1) is 33.9. The van der Waals surface area contributed by atoms with E-state index in [9.17, 15) is 0 Å². The minimum Gasteiger partial charge on any atom is -0.489 e. The van der Waals surface area contributed by atoms with Gasteiger partial charge in [-0.25, -0.2) is 4.99 Å². The lowest BCUT2D eigenvalue weighted by molar-refractivity contribution is 0.258. The number of pyridine rings is 1. The first-order valence-electron chi connectivity index (χ1n) is 13.7. The van der Waals surface area contributed by atoms with Crippen molar-refractivity contribution < 1.29 is 9.47 Å². The van der Waals surface area contributed by atoms with Gasteiger partial charge in [-0.1, -0.05) is 39.6 Å². The molecule has 0 bridgehead atoms. The molecule has 3 aromatic rings. The van der Waals surface area contributed by atoms with Crippen LogP contribution >= 0.6 is 0 Å². The van der Waals surface area contributed by atoms with Crippen molar-refractivity contribution in [3.05, 3.63) is 72.6 Å². The molecule has 8 nitrogen and oxygen atoms in total. The molecular weight excluding hydrogens is 524 g/mol. The van der Waals surface area contributed by atoms with E-state index in [0.29, 0.717) is 19.8 Å². The van der Waals surface area contributed by atoms with Crippen LogP contribution in [0.3, 0.4) is 0 Å². The maximum Gasteiger partial charge on any atom is 0.173 e. The predicted molar refractivity (Wildman–Crippen MR) is 179 cm³/mol. The standard InChI is InChI=1S/C30H36N6O2.C2H2.2CH4/c1-3-31-23-37-20-13-32-22-36-19-21-38-30-25(6-4-9-29(30)36)12-14-34-15-17-35(18-16-34)28-8-5-7-27-26(28)11-10-24(2)33-27;1-2;;/h3-11,22-23H,1,12-21H2,2H3;1-2H;2*1H4. The predicted octanol–water partition coefficient (Wildman–Crippen LogP) is 5.85. The number of aryl methyl sites for hydroxylation is 1. The molecule has 2 aromatic carbocycles. The summed E-state index contributed by atoms with van der Waals surface area (Å²) in [5.74, 6) is 0.983. The maximum absolute atomic E-state index is 6.13. The number of fused-ring (bicyclic) bond motifs is 2. The molecule has 0 atom stereocenters. The molecule has 3 heterocycles. The largest absolute Gasteiger partial charge is 0.489 e. The van der Waals surface area contributed by atoms with Crippen LogP contribution in [0.5, 0.6) is 5.75 Å². The number of nitrogens with zero attached hydrogens (tertiary/aromatic N) is 6. The van der Waals surface area contributed by atoms with Gasteiger partial charge in [-0.15, -0.1) is 12.8 Å².